The molecular formula is C51H29N5OS. The largest absolute Gasteiger partial charge is 0.456 e. The van der Waals surface area contributed by atoms with Gasteiger partial charge in [-0.05, 0) is 83.6 Å². The lowest BCUT2D eigenvalue weighted by Gasteiger charge is -2.21. The van der Waals surface area contributed by atoms with Crippen molar-refractivity contribution in [2.45, 2.75) is 9.79 Å². The quantitative estimate of drug-likeness (QED) is 0.179. The van der Waals surface area contributed by atoms with Gasteiger partial charge >= 0.3 is 0 Å². The van der Waals surface area contributed by atoms with Crippen molar-refractivity contribution in [1.82, 2.24) is 24.1 Å². The lowest BCUT2D eigenvalue weighted by atomic mass is 10.0. The van der Waals surface area contributed by atoms with Gasteiger partial charge in [-0.1, -0.05) is 115 Å². The van der Waals surface area contributed by atoms with Gasteiger partial charge in [0.15, 0.2) is 17.5 Å². The molecule has 0 bridgehead atoms. The van der Waals surface area contributed by atoms with E-state index in [4.69, 9.17) is 19.4 Å². The Bertz CT molecular complexity index is 3660. The van der Waals surface area contributed by atoms with Crippen LogP contribution in [0, 0.1) is 0 Å². The number of hydrogen-bond donors (Lipinski definition) is 0. The van der Waals surface area contributed by atoms with Crippen LogP contribution in [-0.2, 0) is 0 Å². The Balaban J connectivity index is 1.02. The summed E-state index contributed by atoms with van der Waals surface area (Å²) >= 11 is 1.85. The first-order valence-electron chi connectivity index (χ1n) is 19.4. The molecule has 0 spiro atoms. The Morgan fingerprint density at radius 3 is 2.02 bits per heavy atom. The van der Waals surface area contributed by atoms with Crippen LogP contribution in [0.15, 0.2) is 190 Å². The third-order valence-corrected chi connectivity index (χ3v) is 12.7. The highest BCUT2D eigenvalue weighted by Gasteiger charge is 2.27. The predicted molar refractivity (Wildman–Crippen MR) is 236 cm³/mol. The highest BCUT2D eigenvalue weighted by atomic mass is 32.2. The van der Waals surface area contributed by atoms with Crippen LogP contribution in [0.2, 0.25) is 0 Å². The predicted octanol–water partition coefficient (Wildman–Crippen LogP) is 13.4. The molecule has 1 aliphatic heterocycles. The highest BCUT2D eigenvalue weighted by Crippen LogP contribution is 2.49. The van der Waals surface area contributed by atoms with Crippen LogP contribution in [-0.4, -0.2) is 24.1 Å². The maximum atomic E-state index is 6.17. The fourth-order valence-corrected chi connectivity index (χ4v) is 10.1. The van der Waals surface area contributed by atoms with E-state index in [1.165, 1.54) is 37.2 Å². The molecule has 0 radical (unpaired) electrons. The average Bonchev–Trinajstić information content (AvgIpc) is 3.95. The van der Waals surface area contributed by atoms with Crippen LogP contribution in [0.4, 0.5) is 0 Å². The summed E-state index contributed by atoms with van der Waals surface area (Å²) in [7, 11) is 0. The summed E-state index contributed by atoms with van der Waals surface area (Å²) < 4.78 is 11.1. The van der Waals surface area contributed by atoms with Gasteiger partial charge < -0.3 is 4.42 Å². The number of nitrogens with zero attached hydrogens (tertiary/aromatic N) is 5. The maximum Gasteiger partial charge on any atom is 0.164 e. The van der Waals surface area contributed by atoms with Crippen LogP contribution >= 0.6 is 11.8 Å². The molecule has 0 fully saturated rings. The summed E-state index contributed by atoms with van der Waals surface area (Å²) in [6, 6.07) is 61.8. The molecule has 270 valence electrons. The van der Waals surface area contributed by atoms with Gasteiger partial charge in [0.2, 0.25) is 0 Å². The van der Waals surface area contributed by atoms with Gasteiger partial charge in [0, 0.05) is 59.1 Å². The molecule has 8 aromatic carbocycles. The Hall–Kier alpha value is -7.48. The molecule has 0 aliphatic carbocycles. The summed E-state index contributed by atoms with van der Waals surface area (Å²) in [6.07, 6.45) is 0. The zero-order valence-corrected chi connectivity index (χ0v) is 31.6. The third-order valence-electron chi connectivity index (χ3n) is 11.6. The van der Waals surface area contributed by atoms with Gasteiger partial charge in [-0.2, -0.15) is 0 Å². The zero-order chi connectivity index (χ0) is 37.9. The average molecular weight is 760 g/mol. The Kier molecular flexibility index (Phi) is 6.56. The summed E-state index contributed by atoms with van der Waals surface area (Å²) in [5.41, 5.74) is 10.3. The minimum atomic E-state index is 0.605. The third kappa shape index (κ3) is 4.53. The van der Waals surface area contributed by atoms with Gasteiger partial charge in [-0.15, -0.1) is 0 Å². The van der Waals surface area contributed by atoms with Crippen molar-refractivity contribution in [1.29, 1.82) is 0 Å². The van der Waals surface area contributed by atoms with Crippen LogP contribution < -0.4 is 0 Å². The second-order valence-electron chi connectivity index (χ2n) is 14.8. The molecular weight excluding hydrogens is 731 g/mol. The van der Waals surface area contributed by atoms with E-state index >= 15 is 0 Å². The van der Waals surface area contributed by atoms with Crippen molar-refractivity contribution in [3.05, 3.63) is 176 Å². The number of benzene rings is 8. The molecule has 7 heteroatoms. The van der Waals surface area contributed by atoms with Crippen molar-refractivity contribution < 1.29 is 4.42 Å². The van der Waals surface area contributed by atoms with Gasteiger partial charge in [-0.25, -0.2) is 15.0 Å². The number of para-hydroxylation sites is 4. The topological polar surface area (TPSA) is 61.7 Å². The molecule has 58 heavy (non-hydrogen) atoms. The Morgan fingerprint density at radius 2 is 1.10 bits per heavy atom. The van der Waals surface area contributed by atoms with Gasteiger partial charge in [0.25, 0.3) is 0 Å². The fourth-order valence-electron chi connectivity index (χ4n) is 8.99. The molecule has 0 atom stereocenters. The molecule has 12 aromatic rings. The normalized spacial score (nSPS) is 12.4. The van der Waals surface area contributed by atoms with E-state index in [1.807, 2.05) is 42.1 Å². The number of hydrogen-bond acceptors (Lipinski definition) is 5. The number of aromatic nitrogens is 5. The summed E-state index contributed by atoms with van der Waals surface area (Å²) in [6.45, 7) is 0. The van der Waals surface area contributed by atoms with Gasteiger partial charge in [0.05, 0.1) is 16.7 Å². The lowest BCUT2D eigenvalue weighted by Crippen LogP contribution is -2.05. The second kappa shape index (κ2) is 12.0. The maximum absolute atomic E-state index is 6.17. The van der Waals surface area contributed by atoms with Crippen LogP contribution in [0.25, 0.3) is 111 Å². The van der Waals surface area contributed by atoms with Crippen molar-refractivity contribution in [2.75, 3.05) is 0 Å². The number of rotatable bonds is 4. The van der Waals surface area contributed by atoms with E-state index in [0.717, 1.165) is 66.3 Å². The van der Waals surface area contributed by atoms with E-state index < -0.39 is 0 Å². The SMILES string of the molecule is c1ccc2c(c1)Sc1cccc3c4c5ccccc5n(-c5ccc(-c6nc(-c7ccc8oc9ccccc9c8c7)nc(-c7cccc8ccccc78)n6)cc5)c4n-2c13. The zero-order valence-electron chi connectivity index (χ0n) is 30.8. The summed E-state index contributed by atoms with van der Waals surface area (Å²) in [5.74, 6) is 1.84. The van der Waals surface area contributed by atoms with Crippen LogP contribution in [0.3, 0.4) is 0 Å². The summed E-state index contributed by atoms with van der Waals surface area (Å²) in [4.78, 5) is 18.0. The first-order chi connectivity index (χ1) is 28.7. The molecule has 5 heterocycles. The standard InChI is InChI=1S/C51H29N5OS/c1-2-13-34-30(11-1)12-9-16-36(34)50-53-48(52-49(54-50)32-25-28-43-39(29-32)35-14-4-7-20-42(35)57-43)31-23-26-33(27-24-31)55-40-18-5-3-15-37(40)46-38-17-10-22-45-47(38)56(51(46)55)41-19-6-8-21-44(41)58-45/h1-29H. The van der Waals surface area contributed by atoms with Gasteiger partial charge in [-0.3, -0.25) is 9.13 Å². The van der Waals surface area contributed by atoms with E-state index in [0.29, 0.717) is 17.5 Å². The molecule has 0 amide bonds. The van der Waals surface area contributed by atoms with E-state index in [2.05, 4.69) is 155 Å². The van der Waals surface area contributed by atoms with E-state index in [-0.39, 0.29) is 0 Å². The van der Waals surface area contributed by atoms with Crippen LogP contribution in [0.5, 0.6) is 0 Å². The number of fused-ring (bicyclic) bond motifs is 11. The Morgan fingerprint density at radius 1 is 0.448 bits per heavy atom. The molecule has 0 unspecified atom stereocenters. The molecule has 6 nitrogen and oxygen atoms in total. The molecule has 1 aliphatic rings. The highest BCUT2D eigenvalue weighted by molar-refractivity contribution is 7.99. The molecule has 4 aromatic heterocycles. The lowest BCUT2D eigenvalue weighted by molar-refractivity contribution is 0.669. The van der Waals surface area contributed by atoms with Crippen molar-refractivity contribution in [3.63, 3.8) is 0 Å². The number of furan rings is 1. The van der Waals surface area contributed by atoms with Crippen molar-refractivity contribution in [2.24, 2.45) is 0 Å². The summed E-state index contributed by atoms with van der Waals surface area (Å²) in [5, 5.41) is 8.08. The minimum absolute atomic E-state index is 0.605. The molecule has 0 saturated heterocycles. The minimum Gasteiger partial charge on any atom is -0.456 e. The fraction of sp³-hybridized carbons (Fsp3) is 0. The smallest absolute Gasteiger partial charge is 0.164 e. The van der Waals surface area contributed by atoms with E-state index in [1.54, 1.807) is 0 Å². The second-order valence-corrected chi connectivity index (χ2v) is 15.9. The monoisotopic (exact) mass is 759 g/mol. The molecule has 0 saturated carbocycles. The first-order valence-corrected chi connectivity index (χ1v) is 20.2. The Labute approximate surface area is 335 Å². The molecule has 0 N–H and O–H groups in total. The molecule has 13 rings (SSSR count). The first kappa shape index (κ1) is 31.7. The van der Waals surface area contributed by atoms with Gasteiger partial charge in [0.1, 0.15) is 16.8 Å². The van der Waals surface area contributed by atoms with E-state index in [9.17, 15) is 0 Å². The van der Waals surface area contributed by atoms with Crippen LogP contribution in [0.1, 0.15) is 0 Å². The van der Waals surface area contributed by atoms with Crippen molar-refractivity contribution in [3.8, 4) is 45.5 Å². The van der Waals surface area contributed by atoms with Crippen molar-refractivity contribution >= 4 is 77.3 Å².